The summed E-state index contributed by atoms with van der Waals surface area (Å²) < 4.78 is 0. The predicted molar refractivity (Wildman–Crippen MR) is 84.1 cm³/mol. The Hall–Kier alpha value is -1.16. The van der Waals surface area contributed by atoms with Gasteiger partial charge in [-0.2, -0.15) is 0 Å². The first-order chi connectivity index (χ1) is 9.58. The van der Waals surface area contributed by atoms with Crippen LogP contribution >= 0.6 is 0 Å². The number of nitrogens with one attached hydrogen (secondary N) is 1. The number of rotatable bonds is 6. The summed E-state index contributed by atoms with van der Waals surface area (Å²) in [5, 5.41) is 3.51. The highest BCUT2D eigenvalue weighted by molar-refractivity contribution is 5.50. The van der Waals surface area contributed by atoms with Crippen molar-refractivity contribution in [3.63, 3.8) is 0 Å². The normalized spacial score (nSPS) is 15.6. The fourth-order valence-electron chi connectivity index (χ4n) is 2.54. The van der Waals surface area contributed by atoms with E-state index in [0.717, 1.165) is 37.7 Å². The topological polar surface area (TPSA) is 41.1 Å². The molecule has 0 amide bonds. The predicted octanol–water partition coefficient (Wildman–Crippen LogP) is 2.95. The number of hydrogen-bond donors (Lipinski definition) is 1. The Labute approximate surface area is 123 Å². The fourth-order valence-corrected chi connectivity index (χ4v) is 2.54. The number of hydrogen-bond acceptors (Lipinski definition) is 4. The number of anilines is 1. The lowest BCUT2D eigenvalue weighted by atomic mass is 10.2. The van der Waals surface area contributed by atoms with E-state index in [2.05, 4.69) is 42.9 Å². The van der Waals surface area contributed by atoms with Crippen LogP contribution in [0.2, 0.25) is 0 Å². The average molecular weight is 276 g/mol. The molecular formula is C16H28N4. The van der Waals surface area contributed by atoms with Crippen molar-refractivity contribution in [2.45, 2.75) is 53.0 Å². The van der Waals surface area contributed by atoms with Crippen molar-refractivity contribution in [1.82, 2.24) is 15.3 Å². The Kier molecular flexibility index (Phi) is 5.35. The van der Waals surface area contributed by atoms with Crippen LogP contribution in [0.1, 0.15) is 58.0 Å². The highest BCUT2D eigenvalue weighted by Crippen LogP contribution is 2.24. The Bertz CT molecular complexity index is 422. The maximum absolute atomic E-state index is 4.80. The van der Waals surface area contributed by atoms with Crippen molar-refractivity contribution < 1.29 is 0 Å². The quantitative estimate of drug-likeness (QED) is 0.867. The summed E-state index contributed by atoms with van der Waals surface area (Å²) in [7, 11) is 0. The third kappa shape index (κ3) is 3.92. The zero-order chi connectivity index (χ0) is 14.5. The van der Waals surface area contributed by atoms with Crippen LogP contribution in [0, 0.1) is 5.92 Å². The monoisotopic (exact) mass is 276 g/mol. The molecule has 0 saturated carbocycles. The van der Waals surface area contributed by atoms with Gasteiger partial charge in [0.15, 0.2) is 0 Å². The van der Waals surface area contributed by atoms with Gasteiger partial charge in [0.05, 0.1) is 17.6 Å². The van der Waals surface area contributed by atoms with Crippen LogP contribution < -0.4 is 10.2 Å². The van der Waals surface area contributed by atoms with Crippen LogP contribution in [0.5, 0.6) is 0 Å². The summed E-state index contributed by atoms with van der Waals surface area (Å²) in [5.74, 6) is 2.00. The molecule has 0 radical (unpaired) electrons. The van der Waals surface area contributed by atoms with Crippen LogP contribution in [0.15, 0.2) is 6.20 Å². The average Bonchev–Trinajstić information content (AvgIpc) is 2.91. The van der Waals surface area contributed by atoms with E-state index in [1.807, 2.05) is 6.20 Å². The molecule has 2 rings (SSSR count). The van der Waals surface area contributed by atoms with E-state index >= 15 is 0 Å². The van der Waals surface area contributed by atoms with Gasteiger partial charge in [-0.3, -0.25) is 0 Å². The molecule has 0 atom stereocenters. The Morgan fingerprint density at radius 3 is 2.50 bits per heavy atom. The minimum Gasteiger partial charge on any atom is -0.369 e. The number of aromatic nitrogens is 2. The molecule has 1 aliphatic rings. The molecule has 0 unspecified atom stereocenters. The van der Waals surface area contributed by atoms with Gasteiger partial charge in [0, 0.05) is 25.6 Å². The summed E-state index contributed by atoms with van der Waals surface area (Å²) in [6, 6.07) is 0. The smallest absolute Gasteiger partial charge is 0.131 e. The molecule has 1 N–H and O–H groups in total. The minimum absolute atomic E-state index is 0.381. The second-order valence-electron chi connectivity index (χ2n) is 6.43. The van der Waals surface area contributed by atoms with Crippen LogP contribution in [0.3, 0.4) is 0 Å². The van der Waals surface area contributed by atoms with Gasteiger partial charge in [-0.05, 0) is 25.3 Å². The Morgan fingerprint density at radius 2 is 1.90 bits per heavy atom. The molecule has 1 aromatic heterocycles. The van der Waals surface area contributed by atoms with E-state index < -0.39 is 0 Å². The molecule has 112 valence electrons. The van der Waals surface area contributed by atoms with E-state index in [4.69, 9.17) is 4.98 Å². The molecule has 20 heavy (non-hydrogen) atoms. The second kappa shape index (κ2) is 7.02. The van der Waals surface area contributed by atoms with Gasteiger partial charge in [0.1, 0.15) is 5.82 Å². The fraction of sp³-hybridized carbons (Fsp3) is 0.750. The van der Waals surface area contributed by atoms with E-state index in [9.17, 15) is 0 Å². The Balaban J connectivity index is 2.16. The molecular weight excluding hydrogens is 248 g/mol. The largest absolute Gasteiger partial charge is 0.369 e. The highest BCUT2D eigenvalue weighted by atomic mass is 15.2. The van der Waals surface area contributed by atoms with Crippen LogP contribution in [-0.2, 0) is 6.54 Å². The molecule has 0 aromatic carbocycles. The zero-order valence-electron chi connectivity index (χ0n) is 13.3. The van der Waals surface area contributed by atoms with E-state index in [0.29, 0.717) is 11.8 Å². The molecule has 4 heteroatoms. The Morgan fingerprint density at radius 1 is 1.20 bits per heavy atom. The summed E-state index contributed by atoms with van der Waals surface area (Å²) in [6.45, 7) is 12.9. The van der Waals surface area contributed by atoms with Crippen molar-refractivity contribution in [2.75, 3.05) is 24.5 Å². The molecule has 1 aromatic rings. The third-order valence-corrected chi connectivity index (χ3v) is 3.67. The second-order valence-corrected chi connectivity index (χ2v) is 6.43. The van der Waals surface area contributed by atoms with Crippen LogP contribution in [-0.4, -0.2) is 29.6 Å². The molecule has 2 heterocycles. The summed E-state index contributed by atoms with van der Waals surface area (Å²) in [4.78, 5) is 11.8. The lowest BCUT2D eigenvalue weighted by Crippen LogP contribution is -2.25. The van der Waals surface area contributed by atoms with Gasteiger partial charge in [0.2, 0.25) is 0 Å². The van der Waals surface area contributed by atoms with Gasteiger partial charge in [-0.25, -0.2) is 9.97 Å². The lowest BCUT2D eigenvalue weighted by Gasteiger charge is -2.21. The van der Waals surface area contributed by atoms with Gasteiger partial charge in [-0.1, -0.05) is 27.7 Å². The highest BCUT2D eigenvalue weighted by Gasteiger charge is 2.18. The first kappa shape index (κ1) is 15.2. The summed E-state index contributed by atoms with van der Waals surface area (Å²) >= 11 is 0. The van der Waals surface area contributed by atoms with E-state index in [-0.39, 0.29) is 0 Å². The molecule has 4 nitrogen and oxygen atoms in total. The minimum atomic E-state index is 0.381. The third-order valence-electron chi connectivity index (χ3n) is 3.67. The summed E-state index contributed by atoms with van der Waals surface area (Å²) in [6.07, 6.45) is 4.59. The molecule has 1 fully saturated rings. The van der Waals surface area contributed by atoms with Gasteiger partial charge in [0.25, 0.3) is 0 Å². The maximum atomic E-state index is 4.80. The molecule has 0 spiro atoms. The number of nitrogens with zero attached hydrogens (tertiary/aromatic N) is 3. The van der Waals surface area contributed by atoms with Crippen LogP contribution in [0.4, 0.5) is 5.69 Å². The van der Waals surface area contributed by atoms with Crippen molar-refractivity contribution in [3.8, 4) is 0 Å². The zero-order valence-corrected chi connectivity index (χ0v) is 13.3. The standard InChI is InChI=1S/C16H28N4/c1-12(2)9-17-10-14-15(20-7-5-6-8-20)11-18-16(19-14)13(3)4/h11-13,17H,5-10H2,1-4H3. The molecule has 0 aliphatic carbocycles. The van der Waals surface area contributed by atoms with Gasteiger partial charge in [-0.15, -0.1) is 0 Å². The van der Waals surface area contributed by atoms with Gasteiger partial charge < -0.3 is 10.2 Å². The van der Waals surface area contributed by atoms with Crippen molar-refractivity contribution in [1.29, 1.82) is 0 Å². The van der Waals surface area contributed by atoms with Crippen molar-refractivity contribution >= 4 is 5.69 Å². The lowest BCUT2D eigenvalue weighted by molar-refractivity contribution is 0.546. The van der Waals surface area contributed by atoms with Crippen molar-refractivity contribution in [3.05, 3.63) is 17.7 Å². The van der Waals surface area contributed by atoms with Gasteiger partial charge >= 0.3 is 0 Å². The maximum Gasteiger partial charge on any atom is 0.131 e. The molecule has 0 bridgehead atoms. The van der Waals surface area contributed by atoms with Crippen molar-refractivity contribution in [2.24, 2.45) is 5.92 Å². The first-order valence-corrected chi connectivity index (χ1v) is 7.89. The molecule has 1 saturated heterocycles. The van der Waals surface area contributed by atoms with E-state index in [1.165, 1.54) is 18.5 Å². The van der Waals surface area contributed by atoms with Crippen LogP contribution in [0.25, 0.3) is 0 Å². The SMILES string of the molecule is CC(C)CNCc1nc(C(C)C)ncc1N1CCCC1. The van der Waals surface area contributed by atoms with E-state index in [1.54, 1.807) is 0 Å². The summed E-state index contributed by atoms with van der Waals surface area (Å²) in [5.41, 5.74) is 2.38. The first-order valence-electron chi connectivity index (χ1n) is 7.89. The molecule has 1 aliphatic heterocycles.